The second-order valence-electron chi connectivity index (χ2n) is 4.15. The first-order chi connectivity index (χ1) is 8.50. The van der Waals surface area contributed by atoms with Crippen LogP contribution in [0.3, 0.4) is 0 Å². The predicted octanol–water partition coefficient (Wildman–Crippen LogP) is 1.58. The Balaban J connectivity index is 2.15. The van der Waals surface area contributed by atoms with Crippen molar-refractivity contribution in [1.29, 1.82) is 0 Å². The van der Waals surface area contributed by atoms with Gasteiger partial charge in [0.1, 0.15) is 10.7 Å². The minimum Gasteiger partial charge on any atom is -0.398 e. The molecule has 0 spiro atoms. The van der Waals surface area contributed by atoms with Gasteiger partial charge >= 0.3 is 0 Å². The molecular weight excluding hydrogens is 275 g/mol. The molecule has 0 aliphatic carbocycles. The Hall–Kier alpha value is -0.790. The smallest absolute Gasteiger partial charge is 0.245 e. The summed E-state index contributed by atoms with van der Waals surface area (Å²) < 4.78 is 40.0. The van der Waals surface area contributed by atoms with Crippen molar-refractivity contribution in [3.8, 4) is 0 Å². The standard InChI is InChI=1S/C11H15FN2O2S2/c12-9-4-1-5-10(13)11(9)18(15,16)14-7-8-3-2-6-17-8/h1,4-5,8,14H,2-3,6-7,13H2. The Labute approximate surface area is 110 Å². The average molecular weight is 290 g/mol. The third-order valence-corrected chi connectivity index (χ3v) is 5.70. The number of nitrogen functional groups attached to an aromatic ring is 1. The Morgan fingerprint density at radius 3 is 2.89 bits per heavy atom. The summed E-state index contributed by atoms with van der Waals surface area (Å²) in [7, 11) is -3.87. The van der Waals surface area contributed by atoms with Crippen molar-refractivity contribution in [2.45, 2.75) is 23.0 Å². The molecule has 1 aliphatic heterocycles. The van der Waals surface area contributed by atoms with Gasteiger partial charge in [0, 0.05) is 11.8 Å². The van der Waals surface area contributed by atoms with Crippen molar-refractivity contribution in [3.05, 3.63) is 24.0 Å². The van der Waals surface area contributed by atoms with E-state index in [9.17, 15) is 12.8 Å². The van der Waals surface area contributed by atoms with Crippen molar-refractivity contribution < 1.29 is 12.8 Å². The third-order valence-electron chi connectivity index (χ3n) is 2.79. The van der Waals surface area contributed by atoms with Gasteiger partial charge in [-0.2, -0.15) is 11.8 Å². The van der Waals surface area contributed by atoms with Crippen LogP contribution in [-0.4, -0.2) is 26.0 Å². The van der Waals surface area contributed by atoms with Gasteiger partial charge in [-0.15, -0.1) is 0 Å². The summed E-state index contributed by atoms with van der Waals surface area (Å²) in [6.07, 6.45) is 2.08. The molecule has 1 saturated heterocycles. The fourth-order valence-corrected chi connectivity index (χ4v) is 4.46. The van der Waals surface area contributed by atoms with Gasteiger partial charge in [0.15, 0.2) is 0 Å². The Morgan fingerprint density at radius 1 is 1.50 bits per heavy atom. The van der Waals surface area contributed by atoms with Crippen molar-refractivity contribution in [2.24, 2.45) is 0 Å². The number of benzene rings is 1. The SMILES string of the molecule is Nc1cccc(F)c1S(=O)(=O)NCC1CCCS1. The molecule has 1 aromatic rings. The minimum atomic E-state index is -3.87. The maximum atomic E-state index is 13.5. The molecule has 1 atom stereocenters. The van der Waals surface area contributed by atoms with Gasteiger partial charge in [-0.05, 0) is 30.7 Å². The Kier molecular flexibility index (Phi) is 4.14. The van der Waals surface area contributed by atoms with Gasteiger partial charge in [-0.25, -0.2) is 17.5 Å². The highest BCUT2D eigenvalue weighted by molar-refractivity contribution is 8.00. The van der Waals surface area contributed by atoms with Gasteiger partial charge in [-0.1, -0.05) is 6.07 Å². The number of halogens is 1. The van der Waals surface area contributed by atoms with Crippen LogP contribution in [0.4, 0.5) is 10.1 Å². The number of nitrogens with two attached hydrogens (primary N) is 1. The summed E-state index contributed by atoms with van der Waals surface area (Å²) in [6.45, 7) is 0.320. The van der Waals surface area contributed by atoms with Crippen LogP contribution < -0.4 is 10.5 Å². The highest BCUT2D eigenvalue weighted by atomic mass is 32.2. The summed E-state index contributed by atoms with van der Waals surface area (Å²) >= 11 is 1.73. The number of sulfonamides is 1. The van der Waals surface area contributed by atoms with E-state index < -0.39 is 20.7 Å². The lowest BCUT2D eigenvalue weighted by atomic mass is 10.2. The zero-order valence-electron chi connectivity index (χ0n) is 9.73. The van der Waals surface area contributed by atoms with Gasteiger partial charge in [0.05, 0.1) is 5.69 Å². The summed E-state index contributed by atoms with van der Waals surface area (Å²) in [4.78, 5) is -0.451. The molecule has 2 rings (SSSR count). The number of thioether (sulfide) groups is 1. The molecule has 18 heavy (non-hydrogen) atoms. The molecule has 3 N–H and O–H groups in total. The van der Waals surface area contributed by atoms with Crippen molar-refractivity contribution in [2.75, 3.05) is 18.0 Å². The van der Waals surface area contributed by atoms with Gasteiger partial charge < -0.3 is 5.73 Å². The zero-order valence-corrected chi connectivity index (χ0v) is 11.4. The fraction of sp³-hybridized carbons (Fsp3) is 0.455. The van der Waals surface area contributed by atoms with E-state index in [1.165, 1.54) is 12.1 Å². The van der Waals surface area contributed by atoms with E-state index in [1.807, 2.05) is 0 Å². The lowest BCUT2D eigenvalue weighted by Gasteiger charge is -2.12. The summed E-state index contributed by atoms with van der Waals surface area (Å²) in [6, 6.07) is 3.85. The van der Waals surface area contributed by atoms with Gasteiger partial charge in [0.25, 0.3) is 0 Å². The molecule has 1 aromatic carbocycles. The molecule has 0 aromatic heterocycles. The first-order valence-corrected chi connectivity index (χ1v) is 8.19. The van der Waals surface area contributed by atoms with E-state index in [1.54, 1.807) is 11.8 Å². The van der Waals surface area contributed by atoms with E-state index in [4.69, 9.17) is 5.73 Å². The maximum Gasteiger partial charge on any atom is 0.245 e. The average Bonchev–Trinajstić information content (AvgIpc) is 2.78. The first kappa shape index (κ1) is 13.6. The molecule has 4 nitrogen and oxygen atoms in total. The highest BCUT2D eigenvalue weighted by Gasteiger charge is 2.24. The molecule has 0 amide bonds. The van der Waals surface area contributed by atoms with Crippen LogP contribution in [0.5, 0.6) is 0 Å². The van der Waals surface area contributed by atoms with Crippen LogP contribution in [0.25, 0.3) is 0 Å². The monoisotopic (exact) mass is 290 g/mol. The molecule has 100 valence electrons. The topological polar surface area (TPSA) is 72.2 Å². The van der Waals surface area contributed by atoms with Crippen LogP contribution in [0.2, 0.25) is 0 Å². The van der Waals surface area contributed by atoms with Crippen LogP contribution in [0, 0.1) is 5.82 Å². The molecule has 1 fully saturated rings. The van der Waals surface area contributed by atoms with Crippen LogP contribution >= 0.6 is 11.8 Å². The lowest BCUT2D eigenvalue weighted by molar-refractivity contribution is 0.557. The molecular formula is C11H15FN2O2S2. The zero-order chi connectivity index (χ0) is 13.2. The van der Waals surface area contributed by atoms with Crippen molar-refractivity contribution >= 4 is 27.5 Å². The molecule has 0 bridgehead atoms. The molecule has 1 unspecified atom stereocenters. The normalized spacial score (nSPS) is 20.2. The van der Waals surface area contributed by atoms with E-state index in [2.05, 4.69) is 4.72 Å². The van der Waals surface area contributed by atoms with Crippen LogP contribution in [-0.2, 0) is 10.0 Å². The van der Waals surface area contributed by atoms with E-state index in [-0.39, 0.29) is 10.9 Å². The maximum absolute atomic E-state index is 13.5. The molecule has 1 aliphatic rings. The summed E-state index contributed by atoms with van der Waals surface area (Å²) in [5.74, 6) is 0.232. The number of nitrogens with one attached hydrogen (secondary N) is 1. The quantitative estimate of drug-likeness (QED) is 0.826. The van der Waals surface area contributed by atoms with Crippen LogP contribution in [0.1, 0.15) is 12.8 Å². The Bertz CT molecular complexity index is 508. The van der Waals surface area contributed by atoms with E-state index in [0.29, 0.717) is 6.54 Å². The second kappa shape index (κ2) is 5.46. The number of anilines is 1. The Morgan fingerprint density at radius 2 is 2.28 bits per heavy atom. The van der Waals surface area contributed by atoms with E-state index >= 15 is 0 Å². The van der Waals surface area contributed by atoms with Gasteiger partial charge in [-0.3, -0.25) is 0 Å². The third kappa shape index (κ3) is 2.96. The largest absolute Gasteiger partial charge is 0.398 e. The molecule has 0 saturated carbocycles. The molecule has 7 heteroatoms. The van der Waals surface area contributed by atoms with Crippen molar-refractivity contribution in [1.82, 2.24) is 4.72 Å². The number of hydrogen-bond donors (Lipinski definition) is 2. The number of rotatable bonds is 4. The lowest BCUT2D eigenvalue weighted by Crippen LogP contribution is -2.31. The second-order valence-corrected chi connectivity index (χ2v) is 7.26. The van der Waals surface area contributed by atoms with Gasteiger partial charge in [0.2, 0.25) is 10.0 Å². The predicted molar refractivity (Wildman–Crippen MR) is 71.5 cm³/mol. The number of hydrogen-bond acceptors (Lipinski definition) is 4. The molecule has 1 heterocycles. The minimum absolute atomic E-state index is 0.0680. The van der Waals surface area contributed by atoms with E-state index in [0.717, 1.165) is 24.7 Å². The molecule has 0 radical (unpaired) electrons. The van der Waals surface area contributed by atoms with Crippen molar-refractivity contribution in [3.63, 3.8) is 0 Å². The summed E-state index contributed by atoms with van der Waals surface area (Å²) in [5.41, 5.74) is 5.46. The summed E-state index contributed by atoms with van der Waals surface area (Å²) in [5, 5.41) is 0.271. The van der Waals surface area contributed by atoms with Crippen LogP contribution in [0.15, 0.2) is 23.1 Å². The first-order valence-electron chi connectivity index (χ1n) is 5.66. The highest BCUT2D eigenvalue weighted by Crippen LogP contribution is 2.26. The fourth-order valence-electron chi connectivity index (χ4n) is 1.89.